The summed E-state index contributed by atoms with van der Waals surface area (Å²) in [5.74, 6) is 0. The van der Waals surface area contributed by atoms with Crippen LogP contribution in [0.1, 0.15) is 26.2 Å². The maximum absolute atomic E-state index is 5.71. The van der Waals surface area contributed by atoms with Gasteiger partial charge in [-0.1, -0.05) is 0 Å². The molecule has 0 spiro atoms. The highest BCUT2D eigenvalue weighted by atomic mass is 16.5. The van der Waals surface area contributed by atoms with Crippen LogP contribution in [0.15, 0.2) is 0 Å². The second-order valence-electron chi connectivity index (χ2n) is 5.79. The molecule has 2 aliphatic heterocycles. The van der Waals surface area contributed by atoms with Crippen LogP contribution in [-0.2, 0) is 4.74 Å². The van der Waals surface area contributed by atoms with Crippen LogP contribution in [-0.4, -0.2) is 74.9 Å². The van der Waals surface area contributed by atoms with Gasteiger partial charge in [-0.3, -0.25) is 0 Å². The van der Waals surface area contributed by atoms with Crippen LogP contribution in [0.5, 0.6) is 0 Å². The molecular formula is C14H29N3O. The van der Waals surface area contributed by atoms with Crippen molar-refractivity contribution < 1.29 is 4.74 Å². The molecule has 0 radical (unpaired) electrons. The number of hydrogen-bond acceptors (Lipinski definition) is 4. The third-order valence-corrected chi connectivity index (χ3v) is 4.23. The number of hydrogen-bond donors (Lipinski definition) is 1. The Morgan fingerprint density at radius 2 is 2.11 bits per heavy atom. The fraction of sp³-hybridized carbons (Fsp3) is 1.00. The molecule has 2 rings (SSSR count). The van der Waals surface area contributed by atoms with Crippen molar-refractivity contribution in [3.8, 4) is 0 Å². The predicted molar refractivity (Wildman–Crippen MR) is 75.0 cm³/mol. The molecule has 2 heterocycles. The summed E-state index contributed by atoms with van der Waals surface area (Å²) < 4.78 is 5.71. The van der Waals surface area contributed by atoms with Gasteiger partial charge >= 0.3 is 0 Å². The molecule has 2 aliphatic rings. The van der Waals surface area contributed by atoms with E-state index in [0.717, 1.165) is 13.2 Å². The van der Waals surface area contributed by atoms with Gasteiger partial charge in [0.15, 0.2) is 0 Å². The van der Waals surface area contributed by atoms with E-state index in [2.05, 4.69) is 29.1 Å². The normalized spacial score (nSPS) is 29.3. The lowest BCUT2D eigenvalue weighted by Gasteiger charge is -2.24. The first-order chi connectivity index (χ1) is 8.75. The van der Waals surface area contributed by atoms with E-state index in [9.17, 15) is 0 Å². The van der Waals surface area contributed by atoms with Crippen molar-refractivity contribution in [2.24, 2.45) is 0 Å². The molecule has 0 amide bonds. The summed E-state index contributed by atoms with van der Waals surface area (Å²) in [5, 5.41) is 3.62. The number of likely N-dealkylation sites (N-methyl/N-ethyl adjacent to an activating group) is 1. The van der Waals surface area contributed by atoms with Gasteiger partial charge in [-0.05, 0) is 46.3 Å². The van der Waals surface area contributed by atoms with Crippen molar-refractivity contribution in [3.05, 3.63) is 0 Å². The molecule has 0 saturated carbocycles. The van der Waals surface area contributed by atoms with E-state index < -0.39 is 0 Å². The Morgan fingerprint density at radius 3 is 2.89 bits per heavy atom. The monoisotopic (exact) mass is 255 g/mol. The van der Waals surface area contributed by atoms with Gasteiger partial charge in [-0.15, -0.1) is 0 Å². The first-order valence-electron chi connectivity index (χ1n) is 7.51. The molecule has 0 aromatic carbocycles. The fourth-order valence-electron chi connectivity index (χ4n) is 2.90. The van der Waals surface area contributed by atoms with Crippen LogP contribution in [0.25, 0.3) is 0 Å². The molecule has 0 aromatic heterocycles. The summed E-state index contributed by atoms with van der Waals surface area (Å²) in [4.78, 5) is 5.02. The van der Waals surface area contributed by atoms with Gasteiger partial charge in [0.05, 0.1) is 6.10 Å². The quantitative estimate of drug-likeness (QED) is 0.786. The Kier molecular flexibility index (Phi) is 5.89. The second kappa shape index (κ2) is 7.43. The summed E-state index contributed by atoms with van der Waals surface area (Å²) in [6.07, 6.45) is 4.20. The molecule has 4 heteroatoms. The van der Waals surface area contributed by atoms with Gasteiger partial charge in [0.2, 0.25) is 0 Å². The molecule has 1 N–H and O–H groups in total. The number of nitrogens with zero attached hydrogens (tertiary/aromatic N) is 2. The minimum absolute atomic E-state index is 0.445. The minimum atomic E-state index is 0.445. The molecule has 2 atom stereocenters. The van der Waals surface area contributed by atoms with E-state index in [1.54, 1.807) is 0 Å². The summed E-state index contributed by atoms with van der Waals surface area (Å²) in [5.41, 5.74) is 0. The number of rotatable bonds is 5. The van der Waals surface area contributed by atoms with Crippen molar-refractivity contribution in [2.75, 3.05) is 52.9 Å². The minimum Gasteiger partial charge on any atom is -0.377 e. The molecule has 106 valence electrons. The summed E-state index contributed by atoms with van der Waals surface area (Å²) in [6, 6.07) is 0.502. The molecule has 2 saturated heterocycles. The van der Waals surface area contributed by atoms with Crippen LogP contribution in [0, 0.1) is 0 Å². The molecule has 0 aromatic rings. The number of nitrogens with one attached hydrogen (secondary N) is 1. The van der Waals surface area contributed by atoms with Gasteiger partial charge in [0, 0.05) is 38.8 Å². The number of ether oxygens (including phenoxy) is 1. The molecule has 4 nitrogen and oxygen atoms in total. The Balaban J connectivity index is 1.59. The topological polar surface area (TPSA) is 27.7 Å². The highest BCUT2D eigenvalue weighted by molar-refractivity contribution is 4.77. The van der Waals surface area contributed by atoms with Crippen LogP contribution in [0.3, 0.4) is 0 Å². The Bertz CT molecular complexity index is 231. The maximum Gasteiger partial charge on any atom is 0.0726 e. The van der Waals surface area contributed by atoms with Gasteiger partial charge in [-0.2, -0.15) is 0 Å². The van der Waals surface area contributed by atoms with Crippen molar-refractivity contribution >= 4 is 0 Å². The highest BCUT2D eigenvalue weighted by Crippen LogP contribution is 2.15. The van der Waals surface area contributed by atoms with Gasteiger partial charge < -0.3 is 19.9 Å². The lowest BCUT2D eigenvalue weighted by atomic mass is 10.1. The zero-order valence-corrected chi connectivity index (χ0v) is 12.0. The van der Waals surface area contributed by atoms with Crippen molar-refractivity contribution in [2.45, 2.75) is 38.3 Å². The van der Waals surface area contributed by atoms with Crippen molar-refractivity contribution in [3.63, 3.8) is 0 Å². The van der Waals surface area contributed by atoms with E-state index in [4.69, 9.17) is 4.74 Å². The molecule has 0 aliphatic carbocycles. The van der Waals surface area contributed by atoms with E-state index >= 15 is 0 Å². The maximum atomic E-state index is 5.71. The second-order valence-corrected chi connectivity index (χ2v) is 5.79. The van der Waals surface area contributed by atoms with Gasteiger partial charge in [0.1, 0.15) is 0 Å². The van der Waals surface area contributed by atoms with Crippen molar-refractivity contribution in [1.82, 2.24) is 15.1 Å². The smallest absolute Gasteiger partial charge is 0.0726 e. The predicted octanol–water partition coefficient (Wildman–Crippen LogP) is 0.781. The third kappa shape index (κ3) is 4.50. The van der Waals surface area contributed by atoms with E-state index in [0.29, 0.717) is 12.1 Å². The zero-order valence-electron chi connectivity index (χ0n) is 12.0. The van der Waals surface area contributed by atoms with Gasteiger partial charge in [0.25, 0.3) is 0 Å². The first-order valence-corrected chi connectivity index (χ1v) is 7.51. The van der Waals surface area contributed by atoms with Crippen molar-refractivity contribution in [1.29, 1.82) is 0 Å². The Labute approximate surface area is 112 Å². The van der Waals surface area contributed by atoms with Crippen LogP contribution >= 0.6 is 0 Å². The SMILES string of the molecule is CC(NCCN1CCCN(C)CC1)C1CCCO1. The summed E-state index contributed by atoms with van der Waals surface area (Å²) >= 11 is 0. The highest BCUT2D eigenvalue weighted by Gasteiger charge is 2.21. The largest absolute Gasteiger partial charge is 0.377 e. The fourth-order valence-corrected chi connectivity index (χ4v) is 2.90. The zero-order chi connectivity index (χ0) is 12.8. The summed E-state index contributed by atoms with van der Waals surface area (Å²) in [7, 11) is 2.22. The van der Waals surface area contributed by atoms with Crippen LogP contribution in [0.4, 0.5) is 0 Å². The lowest BCUT2D eigenvalue weighted by molar-refractivity contribution is 0.0827. The first kappa shape index (κ1) is 14.3. The van der Waals surface area contributed by atoms with E-state index in [-0.39, 0.29) is 0 Å². The third-order valence-electron chi connectivity index (χ3n) is 4.23. The molecule has 18 heavy (non-hydrogen) atoms. The van der Waals surface area contributed by atoms with E-state index in [1.165, 1.54) is 52.0 Å². The molecule has 0 bridgehead atoms. The average Bonchev–Trinajstić information content (AvgIpc) is 2.81. The molecule has 2 unspecified atom stereocenters. The van der Waals surface area contributed by atoms with Gasteiger partial charge in [-0.25, -0.2) is 0 Å². The average molecular weight is 255 g/mol. The van der Waals surface area contributed by atoms with E-state index in [1.807, 2.05) is 0 Å². The van der Waals surface area contributed by atoms with Crippen LogP contribution in [0.2, 0.25) is 0 Å². The Morgan fingerprint density at radius 1 is 1.22 bits per heavy atom. The van der Waals surface area contributed by atoms with Crippen LogP contribution < -0.4 is 5.32 Å². The molecule has 2 fully saturated rings. The standard InChI is InChI=1S/C14H29N3O/c1-13(14-5-3-12-18-14)15-6-9-17-8-4-7-16(2)10-11-17/h13-15H,3-12H2,1-2H3. The summed E-state index contributed by atoms with van der Waals surface area (Å²) in [6.45, 7) is 10.4. The molecular weight excluding hydrogens is 226 g/mol. The lowest BCUT2D eigenvalue weighted by Crippen LogP contribution is -2.42. The Hall–Kier alpha value is -0.160.